The minimum atomic E-state index is -3.30. The van der Waals surface area contributed by atoms with Crippen LogP contribution in [0.4, 0.5) is 0 Å². The predicted octanol–water partition coefficient (Wildman–Crippen LogP) is -11.2. The van der Waals surface area contributed by atoms with E-state index >= 15 is 0 Å². The Bertz CT molecular complexity index is 1840. The highest BCUT2D eigenvalue weighted by Crippen LogP contribution is 2.39. The second-order valence-electron chi connectivity index (χ2n) is 19.4. The molecule has 416 valence electrons. The summed E-state index contributed by atoms with van der Waals surface area (Å²) in [4.78, 5) is 62.7. The average Bonchev–Trinajstić information content (AvgIpc) is 3.29. The minimum Gasteiger partial charge on any atom is -0.544 e. The van der Waals surface area contributed by atoms with Crippen molar-refractivity contribution in [2.75, 3.05) is 33.0 Å². The van der Waals surface area contributed by atoms with Gasteiger partial charge in [0.25, 0.3) is 0 Å². The van der Waals surface area contributed by atoms with Crippen LogP contribution in [0.1, 0.15) is 33.6 Å². The molecular weight excluding hydrogens is 995 g/mol. The van der Waals surface area contributed by atoms with Crippen LogP contribution in [0, 0.1) is 0 Å². The van der Waals surface area contributed by atoms with E-state index in [0.29, 0.717) is 6.04 Å². The number of aliphatic hydroxyl groups is 12. The molecule has 72 heavy (non-hydrogen) atoms. The molecule has 4 aliphatic rings. The molecule has 0 bridgehead atoms. The molecule has 0 aromatic rings. The molecule has 4 aliphatic heterocycles. The third-order valence-electron chi connectivity index (χ3n) is 12.4. The Hall–Kier alpha value is -3.23. The molecule has 0 saturated carbocycles. The van der Waals surface area contributed by atoms with Gasteiger partial charge < -0.3 is 135 Å². The first-order valence-electron chi connectivity index (χ1n) is 22.9. The van der Waals surface area contributed by atoms with Gasteiger partial charge in [0.1, 0.15) is 97.3 Å². The van der Waals surface area contributed by atoms with Crippen LogP contribution in [-0.2, 0) is 61.9 Å². The standard InChI is InChI=1S/C41H71N3O27Si/c1-15(48)42-24-18(51)9-40(38(60)61,69-33(24)27(55)20(53)11-45)65-14-23-30(58)32(26(44-17(3)50)36(67-23)64-7-8-72(4,5)6)68-37-31(59)35(29(57)22(13-47)66-37)71-41(39(62)63)10-19(52)25(43-16(2)49)34(70-41)28(56)21(54)12-46/h18-37,45-47,51-59H,7-14H2,1-6H3,(H,42,48)(H,43,49)(H,44,50)(H,60,61)(H,62,63)/p-2/t18-,19-,20+,21+,22+,23+,24+,25+,26+,27+,28+,29-,30-,31+,32+,33+,34+,35-,36+,37-,40+,41-/m0/s1. The molecule has 4 rings (SSSR count). The van der Waals surface area contributed by atoms with Gasteiger partial charge >= 0.3 is 0 Å². The number of nitrogens with one attached hydrogen (secondary N) is 3. The molecule has 4 heterocycles. The summed E-state index contributed by atoms with van der Waals surface area (Å²) >= 11 is 0. The lowest BCUT2D eigenvalue weighted by molar-refractivity contribution is -0.411. The van der Waals surface area contributed by atoms with Gasteiger partial charge in [-0.2, -0.15) is 0 Å². The van der Waals surface area contributed by atoms with Gasteiger partial charge in [0.15, 0.2) is 12.6 Å². The number of hydrogen-bond acceptors (Lipinski definition) is 27. The van der Waals surface area contributed by atoms with E-state index in [1.807, 2.05) is 19.6 Å². The van der Waals surface area contributed by atoms with Gasteiger partial charge in [-0.1, -0.05) is 19.6 Å². The van der Waals surface area contributed by atoms with Crippen LogP contribution in [0.15, 0.2) is 0 Å². The number of aliphatic carboxylic acids is 2. The van der Waals surface area contributed by atoms with Crippen LogP contribution in [0.25, 0.3) is 0 Å². The summed E-state index contributed by atoms with van der Waals surface area (Å²) < 4.78 is 46.5. The smallest absolute Gasteiger partial charge is 0.217 e. The fourth-order valence-electron chi connectivity index (χ4n) is 8.63. The van der Waals surface area contributed by atoms with Crippen molar-refractivity contribution in [1.29, 1.82) is 0 Å². The van der Waals surface area contributed by atoms with Gasteiger partial charge in [0, 0.05) is 48.3 Å². The van der Waals surface area contributed by atoms with Crippen molar-refractivity contribution in [3.63, 3.8) is 0 Å². The van der Waals surface area contributed by atoms with Crippen molar-refractivity contribution in [3.05, 3.63) is 0 Å². The first-order chi connectivity index (χ1) is 33.5. The molecule has 0 spiro atoms. The van der Waals surface area contributed by atoms with Gasteiger partial charge in [0.05, 0.1) is 50.7 Å². The third-order valence-corrected chi connectivity index (χ3v) is 14.1. The molecule has 0 aromatic heterocycles. The van der Waals surface area contributed by atoms with Crippen molar-refractivity contribution in [3.8, 4) is 0 Å². The van der Waals surface area contributed by atoms with Crippen molar-refractivity contribution >= 4 is 37.7 Å². The summed E-state index contributed by atoms with van der Waals surface area (Å²) in [5.74, 6) is -13.3. The van der Waals surface area contributed by atoms with E-state index in [2.05, 4.69) is 16.0 Å². The molecule has 4 saturated heterocycles. The number of ether oxygens (including phenoxy) is 8. The van der Waals surface area contributed by atoms with Gasteiger partial charge in [0.2, 0.25) is 29.3 Å². The first kappa shape index (κ1) is 61.3. The summed E-state index contributed by atoms with van der Waals surface area (Å²) in [6.07, 6.45) is -37.5. The number of carbonyl (C=O) groups excluding carboxylic acids is 5. The monoisotopic (exact) mass is 1060 g/mol. The zero-order valence-electron chi connectivity index (χ0n) is 40.2. The van der Waals surface area contributed by atoms with E-state index < -0.39 is 211 Å². The van der Waals surface area contributed by atoms with Crippen LogP contribution >= 0.6 is 0 Å². The predicted molar refractivity (Wildman–Crippen MR) is 230 cm³/mol. The van der Waals surface area contributed by atoms with Gasteiger partial charge in [-0.05, 0) is 6.04 Å². The second-order valence-corrected chi connectivity index (χ2v) is 25.0. The number of carbonyl (C=O) groups is 5. The van der Waals surface area contributed by atoms with Crippen LogP contribution in [0.5, 0.6) is 0 Å². The molecular formula is C41H69N3O27Si-2. The number of amides is 3. The molecule has 31 heteroatoms. The van der Waals surface area contributed by atoms with E-state index in [4.69, 9.17) is 37.9 Å². The summed E-state index contributed by atoms with van der Waals surface area (Å²) in [6, 6.07) is -4.43. The van der Waals surface area contributed by atoms with Crippen molar-refractivity contribution in [2.24, 2.45) is 0 Å². The normalized spacial score (nSPS) is 39.2. The van der Waals surface area contributed by atoms with E-state index in [9.17, 15) is 95.5 Å². The highest BCUT2D eigenvalue weighted by atomic mass is 28.3. The van der Waals surface area contributed by atoms with Crippen molar-refractivity contribution in [2.45, 2.75) is 193 Å². The molecule has 0 radical (unpaired) electrons. The Kier molecular flexibility index (Phi) is 21.7. The van der Waals surface area contributed by atoms with E-state index in [0.717, 1.165) is 20.8 Å². The SMILES string of the molecule is CC(=O)N[C@H]1[C@H](OCC[Si](C)(C)C)O[C@H](CO[C@]2(C(=O)[O-])C[C@H](O)[C@@H](NC(C)=O)[C@H]([C@H](O)[C@H](O)CO)O2)[C@H](O)[C@@H]1O[C@@H]1O[C@H](CO)[C@H](O)[C@H](O[C@]2(C(=O)[O-])C[C@H](O)[C@@H](NC(C)=O)[C@H]([C@H](O)[C@H](O)CO)O2)[C@H]1O. The number of hydrogen-bond donors (Lipinski definition) is 15. The zero-order chi connectivity index (χ0) is 54.4. The fraction of sp³-hybridized carbons (Fsp3) is 0.878. The molecule has 22 atom stereocenters. The number of aliphatic hydroxyl groups excluding tert-OH is 12. The maximum Gasteiger partial charge on any atom is 0.217 e. The molecule has 0 unspecified atom stereocenters. The number of carboxylic acids is 2. The Morgan fingerprint density at radius 1 is 0.653 bits per heavy atom. The summed E-state index contributed by atoms with van der Waals surface area (Å²) in [5, 5.41) is 162. The summed E-state index contributed by atoms with van der Waals surface area (Å²) in [7, 11) is -1.90. The maximum absolute atomic E-state index is 13.0. The van der Waals surface area contributed by atoms with Crippen molar-refractivity contribution in [1.82, 2.24) is 16.0 Å². The quantitative estimate of drug-likeness (QED) is 0.0423. The third kappa shape index (κ3) is 14.6. The van der Waals surface area contributed by atoms with E-state index in [1.54, 1.807) is 0 Å². The number of carboxylic acid groups (broad SMARTS) is 2. The Morgan fingerprint density at radius 2 is 1.10 bits per heavy atom. The van der Waals surface area contributed by atoms with Gasteiger partial charge in [-0.3, -0.25) is 14.4 Å². The fourth-order valence-corrected chi connectivity index (χ4v) is 9.36. The zero-order valence-corrected chi connectivity index (χ0v) is 41.2. The minimum absolute atomic E-state index is 0.0648. The highest BCUT2D eigenvalue weighted by Gasteiger charge is 2.59. The van der Waals surface area contributed by atoms with Crippen LogP contribution < -0.4 is 26.2 Å². The lowest BCUT2D eigenvalue weighted by Crippen LogP contribution is -2.72. The first-order valence-corrected chi connectivity index (χ1v) is 26.6. The summed E-state index contributed by atoms with van der Waals surface area (Å²) in [6.45, 7) is 4.53. The average molecular weight is 1060 g/mol. The second kappa shape index (κ2) is 25.5. The van der Waals surface area contributed by atoms with E-state index in [-0.39, 0.29) is 6.61 Å². The largest absolute Gasteiger partial charge is 0.544 e. The Labute approximate surface area is 412 Å². The van der Waals surface area contributed by atoms with Crippen LogP contribution in [0.2, 0.25) is 25.7 Å². The van der Waals surface area contributed by atoms with E-state index in [1.165, 1.54) is 0 Å². The summed E-state index contributed by atoms with van der Waals surface area (Å²) in [5.41, 5.74) is 0. The van der Waals surface area contributed by atoms with Crippen molar-refractivity contribution < 1.29 is 133 Å². The van der Waals surface area contributed by atoms with Gasteiger partial charge in [-0.15, -0.1) is 0 Å². The van der Waals surface area contributed by atoms with Gasteiger partial charge in [-0.25, -0.2) is 0 Å². The Balaban J connectivity index is 1.75. The molecule has 0 aromatic carbocycles. The molecule has 15 N–H and O–H groups in total. The molecule has 3 amide bonds. The molecule has 30 nitrogen and oxygen atoms in total. The highest BCUT2D eigenvalue weighted by molar-refractivity contribution is 6.76. The topological polar surface area (TPSA) is 484 Å². The lowest BCUT2D eigenvalue weighted by atomic mass is 9.88. The Morgan fingerprint density at radius 3 is 1.54 bits per heavy atom. The number of rotatable bonds is 23. The molecule has 0 aliphatic carbocycles. The van der Waals surface area contributed by atoms with Crippen LogP contribution in [0.3, 0.4) is 0 Å². The molecule has 4 fully saturated rings. The lowest BCUT2D eigenvalue weighted by Gasteiger charge is -2.52. The maximum atomic E-state index is 13.0. The van der Waals surface area contributed by atoms with Crippen LogP contribution in [-0.4, -0.2) is 266 Å².